The molecule has 0 unspecified atom stereocenters. The number of nitro groups is 1. The molecule has 0 N–H and O–H groups in total. The quantitative estimate of drug-likeness (QED) is 0.599. The van der Waals surface area contributed by atoms with Gasteiger partial charge in [-0.3, -0.25) is 15.0 Å². The summed E-state index contributed by atoms with van der Waals surface area (Å²) in [6.07, 6.45) is 4.80. The van der Waals surface area contributed by atoms with Gasteiger partial charge >= 0.3 is 6.09 Å². The third-order valence-corrected chi connectivity index (χ3v) is 3.87. The highest BCUT2D eigenvalue weighted by Crippen LogP contribution is 2.30. The fourth-order valence-corrected chi connectivity index (χ4v) is 2.85. The molecule has 1 amide bonds. The Morgan fingerprint density at radius 3 is 2.22 bits per heavy atom. The van der Waals surface area contributed by atoms with Crippen LogP contribution in [0.15, 0.2) is 24.3 Å². The zero-order valence-corrected chi connectivity index (χ0v) is 13.9. The van der Waals surface area contributed by atoms with Gasteiger partial charge in [-0.15, -0.1) is 0 Å². The average Bonchev–Trinajstić information content (AvgIpc) is 2.47. The molecule has 126 valence electrons. The van der Waals surface area contributed by atoms with Gasteiger partial charge in [0.1, 0.15) is 5.60 Å². The van der Waals surface area contributed by atoms with Crippen molar-refractivity contribution in [2.75, 3.05) is 4.90 Å². The molecule has 0 spiro atoms. The maximum atomic E-state index is 12.6. The van der Waals surface area contributed by atoms with Crippen LogP contribution in [-0.4, -0.2) is 22.7 Å². The van der Waals surface area contributed by atoms with Crippen molar-refractivity contribution in [3.8, 4) is 0 Å². The van der Waals surface area contributed by atoms with E-state index in [0.717, 1.165) is 25.7 Å². The molecule has 0 aliphatic heterocycles. The molecule has 6 nitrogen and oxygen atoms in total. The van der Waals surface area contributed by atoms with Gasteiger partial charge in [-0.25, -0.2) is 4.79 Å². The van der Waals surface area contributed by atoms with Gasteiger partial charge in [0.15, 0.2) is 0 Å². The summed E-state index contributed by atoms with van der Waals surface area (Å²) in [5.41, 5.74) is 0.0865. The third kappa shape index (κ3) is 4.68. The molecule has 1 aromatic carbocycles. The summed E-state index contributed by atoms with van der Waals surface area (Å²) < 4.78 is 5.54. The molecule has 2 rings (SSSR count). The van der Waals surface area contributed by atoms with E-state index in [1.54, 1.807) is 17.0 Å². The van der Waals surface area contributed by atoms with E-state index in [0.29, 0.717) is 5.69 Å². The minimum absolute atomic E-state index is 0.0153. The van der Waals surface area contributed by atoms with Crippen LogP contribution in [0.1, 0.15) is 52.9 Å². The molecular formula is C17H24N2O4. The van der Waals surface area contributed by atoms with E-state index in [1.807, 2.05) is 20.8 Å². The fraction of sp³-hybridized carbons (Fsp3) is 0.588. The minimum atomic E-state index is -0.579. The Morgan fingerprint density at radius 1 is 1.17 bits per heavy atom. The van der Waals surface area contributed by atoms with E-state index in [-0.39, 0.29) is 11.7 Å². The zero-order valence-electron chi connectivity index (χ0n) is 13.9. The van der Waals surface area contributed by atoms with Crippen LogP contribution in [0.3, 0.4) is 0 Å². The van der Waals surface area contributed by atoms with Crippen LogP contribution < -0.4 is 4.90 Å². The number of benzene rings is 1. The molecule has 23 heavy (non-hydrogen) atoms. The van der Waals surface area contributed by atoms with Gasteiger partial charge in [-0.05, 0) is 45.7 Å². The van der Waals surface area contributed by atoms with Crippen LogP contribution in [0.5, 0.6) is 0 Å². The van der Waals surface area contributed by atoms with E-state index in [9.17, 15) is 14.9 Å². The number of amides is 1. The highest BCUT2D eigenvalue weighted by Gasteiger charge is 2.30. The molecule has 0 heterocycles. The average molecular weight is 320 g/mol. The third-order valence-electron chi connectivity index (χ3n) is 3.87. The Kier molecular flexibility index (Phi) is 5.23. The van der Waals surface area contributed by atoms with Crippen molar-refractivity contribution in [3.63, 3.8) is 0 Å². The molecule has 0 atom stereocenters. The lowest BCUT2D eigenvalue weighted by atomic mass is 9.94. The largest absolute Gasteiger partial charge is 0.443 e. The first-order valence-electron chi connectivity index (χ1n) is 8.04. The summed E-state index contributed by atoms with van der Waals surface area (Å²) in [5, 5.41) is 10.8. The zero-order chi connectivity index (χ0) is 17.0. The molecule has 1 aliphatic carbocycles. The smallest absolute Gasteiger partial charge is 0.415 e. The number of carbonyl (C=O) groups is 1. The molecule has 6 heteroatoms. The molecule has 0 radical (unpaired) electrons. The molecule has 1 saturated carbocycles. The molecule has 1 aliphatic rings. The van der Waals surface area contributed by atoms with Crippen LogP contribution in [0, 0.1) is 10.1 Å². The van der Waals surface area contributed by atoms with Crippen molar-refractivity contribution >= 4 is 17.5 Å². The van der Waals surface area contributed by atoms with E-state index in [1.165, 1.54) is 18.6 Å². The molecule has 1 aromatic rings. The summed E-state index contributed by atoms with van der Waals surface area (Å²) in [7, 11) is 0. The number of carbonyl (C=O) groups excluding carboxylic acids is 1. The number of non-ortho nitro benzene ring substituents is 1. The van der Waals surface area contributed by atoms with Crippen LogP contribution in [0.4, 0.5) is 16.2 Å². The Labute approximate surface area is 136 Å². The van der Waals surface area contributed by atoms with E-state index < -0.39 is 16.6 Å². The lowest BCUT2D eigenvalue weighted by Crippen LogP contribution is -2.44. The number of hydrogen-bond acceptors (Lipinski definition) is 4. The number of nitrogens with zero attached hydrogens (tertiary/aromatic N) is 2. The Morgan fingerprint density at radius 2 is 1.74 bits per heavy atom. The van der Waals surface area contributed by atoms with Gasteiger partial charge in [0.05, 0.1) is 4.92 Å². The molecule has 0 aromatic heterocycles. The maximum Gasteiger partial charge on any atom is 0.415 e. The lowest BCUT2D eigenvalue weighted by Gasteiger charge is -2.35. The summed E-state index contributed by atoms with van der Waals surface area (Å²) in [5.74, 6) is 0. The van der Waals surface area contributed by atoms with E-state index in [4.69, 9.17) is 4.74 Å². The number of anilines is 1. The molecule has 0 bridgehead atoms. The first-order chi connectivity index (χ1) is 10.8. The van der Waals surface area contributed by atoms with Gasteiger partial charge in [-0.1, -0.05) is 19.3 Å². The summed E-state index contributed by atoms with van der Waals surface area (Å²) >= 11 is 0. The van der Waals surface area contributed by atoms with Gasteiger partial charge in [0, 0.05) is 23.9 Å². The summed E-state index contributed by atoms with van der Waals surface area (Å²) in [6, 6.07) is 6.18. The first-order valence-corrected chi connectivity index (χ1v) is 8.04. The van der Waals surface area contributed by atoms with Crippen molar-refractivity contribution in [2.24, 2.45) is 0 Å². The Bertz CT molecular complexity index is 557. The SMILES string of the molecule is CC(C)(C)OC(=O)N(c1ccc([N+](=O)[O-])cc1)C1CCCCC1. The second-order valence-corrected chi connectivity index (χ2v) is 6.92. The van der Waals surface area contributed by atoms with Gasteiger partial charge in [0.25, 0.3) is 5.69 Å². The number of ether oxygens (including phenoxy) is 1. The van der Waals surface area contributed by atoms with E-state index in [2.05, 4.69) is 0 Å². The minimum Gasteiger partial charge on any atom is -0.443 e. The second kappa shape index (κ2) is 6.98. The first kappa shape index (κ1) is 17.2. The Balaban J connectivity index is 2.28. The van der Waals surface area contributed by atoms with Crippen LogP contribution in [0.25, 0.3) is 0 Å². The number of hydrogen-bond donors (Lipinski definition) is 0. The predicted octanol–water partition coefficient (Wildman–Crippen LogP) is 4.67. The van der Waals surface area contributed by atoms with Gasteiger partial charge in [-0.2, -0.15) is 0 Å². The van der Waals surface area contributed by atoms with Gasteiger partial charge in [0.2, 0.25) is 0 Å². The monoisotopic (exact) mass is 320 g/mol. The highest BCUT2D eigenvalue weighted by atomic mass is 16.6. The van der Waals surface area contributed by atoms with Crippen LogP contribution >= 0.6 is 0 Å². The van der Waals surface area contributed by atoms with Crippen LogP contribution in [0.2, 0.25) is 0 Å². The number of rotatable bonds is 3. The summed E-state index contributed by atoms with van der Waals surface area (Å²) in [6.45, 7) is 5.50. The van der Waals surface area contributed by atoms with Crippen molar-refractivity contribution in [3.05, 3.63) is 34.4 Å². The normalized spacial score (nSPS) is 16.0. The lowest BCUT2D eigenvalue weighted by molar-refractivity contribution is -0.384. The molecular weight excluding hydrogens is 296 g/mol. The van der Waals surface area contributed by atoms with Crippen molar-refractivity contribution in [2.45, 2.75) is 64.5 Å². The predicted molar refractivity (Wildman–Crippen MR) is 88.7 cm³/mol. The Hall–Kier alpha value is -2.11. The standard InChI is InChI=1S/C17H24N2O4/c1-17(2,3)23-16(20)18(13-7-5-4-6-8-13)14-9-11-15(12-10-14)19(21)22/h9-13H,4-8H2,1-3H3. The van der Waals surface area contributed by atoms with Crippen molar-refractivity contribution in [1.29, 1.82) is 0 Å². The van der Waals surface area contributed by atoms with Crippen molar-refractivity contribution in [1.82, 2.24) is 0 Å². The highest BCUT2D eigenvalue weighted by molar-refractivity contribution is 5.88. The summed E-state index contributed by atoms with van der Waals surface area (Å²) in [4.78, 5) is 24.7. The van der Waals surface area contributed by atoms with Crippen molar-refractivity contribution < 1.29 is 14.5 Å². The van der Waals surface area contributed by atoms with E-state index >= 15 is 0 Å². The van der Waals surface area contributed by atoms with Crippen LogP contribution in [-0.2, 0) is 4.74 Å². The second-order valence-electron chi connectivity index (χ2n) is 6.92. The maximum absolute atomic E-state index is 12.6. The topological polar surface area (TPSA) is 72.7 Å². The molecule has 0 saturated heterocycles. The molecule has 1 fully saturated rings. The fourth-order valence-electron chi connectivity index (χ4n) is 2.85. The van der Waals surface area contributed by atoms with Gasteiger partial charge < -0.3 is 4.74 Å². The number of nitro benzene ring substituents is 1.